The third kappa shape index (κ3) is 3.98. The van der Waals surface area contributed by atoms with Gasteiger partial charge in [-0.1, -0.05) is 6.07 Å². The molecular formula is C18H19FN2O5S. The first kappa shape index (κ1) is 19.4. The second-order valence-electron chi connectivity index (χ2n) is 6.06. The summed E-state index contributed by atoms with van der Waals surface area (Å²) >= 11 is 0.712. The quantitative estimate of drug-likeness (QED) is 0.573. The maximum atomic E-state index is 14.5. The Balaban J connectivity index is 1.80. The Kier molecular flexibility index (Phi) is 5.81. The van der Waals surface area contributed by atoms with Gasteiger partial charge in [-0.25, -0.2) is 9.18 Å². The van der Waals surface area contributed by atoms with E-state index in [1.165, 1.54) is 26.2 Å². The van der Waals surface area contributed by atoms with E-state index in [4.69, 9.17) is 4.74 Å². The number of benzene rings is 1. The minimum absolute atomic E-state index is 0.134. The first-order valence-corrected chi connectivity index (χ1v) is 9.21. The number of imide groups is 1. The number of carbonyl (C=O) groups excluding carboxylic acids is 3. The smallest absolute Gasteiger partial charge is 0.328 e. The van der Waals surface area contributed by atoms with Crippen LogP contribution in [0.5, 0.6) is 0 Å². The molecule has 2 amide bonds. The molecule has 2 saturated heterocycles. The molecule has 0 N–H and O–H groups in total. The van der Waals surface area contributed by atoms with Gasteiger partial charge in [0.25, 0.3) is 11.1 Å². The van der Waals surface area contributed by atoms with Crippen molar-refractivity contribution in [3.63, 3.8) is 0 Å². The van der Waals surface area contributed by atoms with Gasteiger partial charge in [0.2, 0.25) is 0 Å². The number of ether oxygens (including phenoxy) is 2. The van der Waals surface area contributed by atoms with Gasteiger partial charge < -0.3 is 14.4 Å². The number of methoxy groups -OCH3 is 1. The zero-order valence-corrected chi connectivity index (χ0v) is 15.8. The molecule has 2 fully saturated rings. The van der Waals surface area contributed by atoms with Crippen molar-refractivity contribution in [3.05, 3.63) is 34.5 Å². The zero-order chi connectivity index (χ0) is 19.6. The van der Waals surface area contributed by atoms with E-state index in [1.54, 1.807) is 12.1 Å². The van der Waals surface area contributed by atoms with Crippen molar-refractivity contribution in [2.75, 3.05) is 38.3 Å². The lowest BCUT2D eigenvalue weighted by Gasteiger charge is -2.29. The Hall–Kier alpha value is -2.39. The fourth-order valence-corrected chi connectivity index (χ4v) is 3.82. The summed E-state index contributed by atoms with van der Waals surface area (Å²) in [7, 11) is 1.19. The van der Waals surface area contributed by atoms with Crippen LogP contribution in [-0.4, -0.2) is 61.5 Å². The molecule has 0 aliphatic carbocycles. The lowest BCUT2D eigenvalue weighted by molar-refractivity contribution is -0.148. The number of anilines is 1. The Morgan fingerprint density at radius 3 is 2.67 bits per heavy atom. The highest BCUT2D eigenvalue weighted by Gasteiger charge is 2.41. The van der Waals surface area contributed by atoms with E-state index in [0.29, 0.717) is 49.3 Å². The molecular weight excluding hydrogens is 375 g/mol. The van der Waals surface area contributed by atoms with E-state index in [-0.39, 0.29) is 4.91 Å². The van der Waals surface area contributed by atoms with Gasteiger partial charge in [-0.2, -0.15) is 0 Å². The number of hydrogen-bond acceptors (Lipinski definition) is 7. The highest BCUT2D eigenvalue weighted by Crippen LogP contribution is 2.34. The van der Waals surface area contributed by atoms with E-state index < -0.39 is 29.0 Å². The predicted molar refractivity (Wildman–Crippen MR) is 98.7 cm³/mol. The molecule has 0 radical (unpaired) electrons. The van der Waals surface area contributed by atoms with Gasteiger partial charge in [-0.05, 0) is 42.5 Å². The first-order valence-electron chi connectivity index (χ1n) is 8.39. The maximum Gasteiger partial charge on any atom is 0.328 e. The van der Waals surface area contributed by atoms with Crippen molar-refractivity contribution in [2.24, 2.45) is 0 Å². The molecule has 2 aliphatic rings. The largest absolute Gasteiger partial charge is 0.467 e. The molecule has 0 aromatic heterocycles. The number of thioether (sulfide) groups is 1. The average molecular weight is 394 g/mol. The van der Waals surface area contributed by atoms with E-state index >= 15 is 0 Å². The van der Waals surface area contributed by atoms with Crippen molar-refractivity contribution in [2.45, 2.75) is 13.0 Å². The molecule has 1 aromatic rings. The van der Waals surface area contributed by atoms with Gasteiger partial charge in [0.1, 0.15) is 11.9 Å². The number of rotatable bonds is 4. The number of carbonyl (C=O) groups is 3. The summed E-state index contributed by atoms with van der Waals surface area (Å²) < 4.78 is 24.3. The summed E-state index contributed by atoms with van der Waals surface area (Å²) in [5.74, 6) is -1.69. The Labute approximate surface area is 160 Å². The standard InChI is InChI=1S/C18H19FN2O5S/c1-11(17(23)25-2)21-16(22)15(27-18(21)24)10-12-3-4-14(13(19)9-12)20-5-7-26-8-6-20/h3-4,9-11H,5-8H2,1-2H3/b15-10+/t11-/m1/s1. The van der Waals surface area contributed by atoms with Gasteiger partial charge >= 0.3 is 5.97 Å². The van der Waals surface area contributed by atoms with Crippen LogP contribution in [0.25, 0.3) is 6.08 Å². The second kappa shape index (κ2) is 8.10. The number of halogens is 1. The number of morpholine rings is 1. The summed E-state index contributed by atoms with van der Waals surface area (Å²) in [6.45, 7) is 3.74. The molecule has 27 heavy (non-hydrogen) atoms. The van der Waals surface area contributed by atoms with Crippen LogP contribution in [0.1, 0.15) is 12.5 Å². The molecule has 0 saturated carbocycles. The minimum Gasteiger partial charge on any atom is -0.467 e. The van der Waals surface area contributed by atoms with Crippen LogP contribution in [0.4, 0.5) is 14.9 Å². The van der Waals surface area contributed by atoms with Crippen LogP contribution in [0.3, 0.4) is 0 Å². The Bertz CT molecular complexity index is 807. The lowest BCUT2D eigenvalue weighted by Crippen LogP contribution is -2.42. The summed E-state index contributed by atoms with van der Waals surface area (Å²) in [5, 5.41) is -0.561. The summed E-state index contributed by atoms with van der Waals surface area (Å²) in [6.07, 6.45) is 1.45. The van der Waals surface area contributed by atoms with Gasteiger partial charge in [0, 0.05) is 13.1 Å². The zero-order valence-electron chi connectivity index (χ0n) is 14.9. The number of hydrogen-bond donors (Lipinski definition) is 0. The number of nitrogens with zero attached hydrogens (tertiary/aromatic N) is 2. The van der Waals surface area contributed by atoms with Crippen molar-refractivity contribution in [1.82, 2.24) is 4.90 Å². The summed E-state index contributed by atoms with van der Waals surface area (Å²) in [4.78, 5) is 39.1. The molecule has 7 nitrogen and oxygen atoms in total. The van der Waals surface area contributed by atoms with Crippen LogP contribution < -0.4 is 4.90 Å². The molecule has 3 rings (SSSR count). The first-order chi connectivity index (χ1) is 12.9. The molecule has 0 spiro atoms. The number of esters is 1. The fraction of sp³-hybridized carbons (Fsp3) is 0.389. The highest BCUT2D eigenvalue weighted by molar-refractivity contribution is 8.18. The van der Waals surface area contributed by atoms with Crippen molar-refractivity contribution >= 4 is 40.6 Å². The molecule has 2 aliphatic heterocycles. The van der Waals surface area contributed by atoms with Gasteiger partial charge in [-0.15, -0.1) is 0 Å². The molecule has 144 valence electrons. The molecule has 2 heterocycles. The van der Waals surface area contributed by atoms with Gasteiger partial charge in [0.15, 0.2) is 0 Å². The van der Waals surface area contributed by atoms with Crippen LogP contribution >= 0.6 is 11.8 Å². The topological polar surface area (TPSA) is 76.2 Å². The van der Waals surface area contributed by atoms with Crippen LogP contribution in [-0.2, 0) is 19.1 Å². The third-order valence-corrected chi connectivity index (χ3v) is 5.26. The Morgan fingerprint density at radius 1 is 1.33 bits per heavy atom. The SMILES string of the molecule is COC(=O)[C@@H](C)N1C(=O)S/C(=C/c2ccc(N3CCOCC3)c(F)c2)C1=O. The predicted octanol–water partition coefficient (Wildman–Crippen LogP) is 2.26. The third-order valence-electron chi connectivity index (χ3n) is 4.37. The minimum atomic E-state index is -1.02. The van der Waals surface area contributed by atoms with Gasteiger partial charge in [0.05, 0.1) is 30.9 Å². The monoisotopic (exact) mass is 394 g/mol. The molecule has 0 unspecified atom stereocenters. The van der Waals surface area contributed by atoms with Crippen molar-refractivity contribution < 1.29 is 28.2 Å². The fourth-order valence-electron chi connectivity index (χ4n) is 2.91. The highest BCUT2D eigenvalue weighted by atomic mass is 32.2. The van der Waals surface area contributed by atoms with E-state index in [0.717, 1.165) is 4.90 Å². The van der Waals surface area contributed by atoms with Crippen molar-refractivity contribution in [1.29, 1.82) is 0 Å². The molecule has 9 heteroatoms. The van der Waals surface area contributed by atoms with Crippen LogP contribution in [0.15, 0.2) is 23.1 Å². The van der Waals surface area contributed by atoms with E-state index in [1.807, 2.05) is 4.90 Å². The molecule has 1 atom stereocenters. The van der Waals surface area contributed by atoms with E-state index in [2.05, 4.69) is 4.74 Å². The maximum absolute atomic E-state index is 14.5. The molecule has 0 bridgehead atoms. The van der Waals surface area contributed by atoms with Gasteiger partial charge in [-0.3, -0.25) is 14.5 Å². The van der Waals surface area contributed by atoms with E-state index in [9.17, 15) is 18.8 Å². The van der Waals surface area contributed by atoms with Crippen LogP contribution in [0.2, 0.25) is 0 Å². The van der Waals surface area contributed by atoms with Crippen LogP contribution in [0, 0.1) is 5.82 Å². The molecule has 1 aromatic carbocycles. The van der Waals surface area contributed by atoms with Crippen molar-refractivity contribution in [3.8, 4) is 0 Å². The Morgan fingerprint density at radius 2 is 2.04 bits per heavy atom. The summed E-state index contributed by atoms with van der Waals surface area (Å²) in [5.41, 5.74) is 0.934. The lowest BCUT2D eigenvalue weighted by atomic mass is 10.1. The average Bonchev–Trinajstić information content (AvgIpc) is 2.94. The number of amides is 2. The second-order valence-corrected chi connectivity index (χ2v) is 7.05. The normalized spacial score (nSPS) is 20.3. The summed E-state index contributed by atoms with van der Waals surface area (Å²) in [6, 6.07) is 3.64.